The lowest BCUT2D eigenvalue weighted by Crippen LogP contribution is -2.62. The fourth-order valence-corrected chi connectivity index (χ4v) is 8.37. The molecule has 2 aliphatic rings. The van der Waals surface area contributed by atoms with Crippen LogP contribution in [0.25, 0.3) is 0 Å². The molecule has 4 unspecified atom stereocenters. The zero-order valence-electron chi connectivity index (χ0n) is 13.0. The van der Waals surface area contributed by atoms with Crippen LogP contribution in [0, 0.1) is 0 Å². The van der Waals surface area contributed by atoms with Crippen LogP contribution in [0.5, 0.6) is 0 Å². The van der Waals surface area contributed by atoms with Gasteiger partial charge in [0.2, 0.25) is 0 Å². The standard InChI is InChI=1S/C14H27O3P/c1-10-15-13(7)9-14(8,17-12(5,6)16-13)18(10)11(2,3)4/h10H,9H2,1-8H3. The van der Waals surface area contributed by atoms with Gasteiger partial charge in [0.25, 0.3) is 0 Å². The number of fused-ring (bicyclic) bond motifs is 2. The average Bonchev–Trinajstić information content (AvgIpc) is 1.88. The maximum atomic E-state index is 6.33. The Labute approximate surface area is 112 Å². The second-order valence-corrected chi connectivity index (χ2v) is 11.1. The molecule has 0 aliphatic carbocycles. The molecule has 0 aromatic heterocycles. The van der Waals surface area contributed by atoms with Crippen LogP contribution in [0.15, 0.2) is 0 Å². The summed E-state index contributed by atoms with van der Waals surface area (Å²) in [7, 11) is -0.410. The van der Waals surface area contributed by atoms with Gasteiger partial charge in [-0.3, -0.25) is 0 Å². The van der Waals surface area contributed by atoms with E-state index in [-0.39, 0.29) is 16.3 Å². The molecule has 2 saturated heterocycles. The van der Waals surface area contributed by atoms with E-state index in [0.717, 1.165) is 6.42 Å². The molecule has 2 rings (SSSR count). The van der Waals surface area contributed by atoms with Gasteiger partial charge in [0, 0.05) is 6.42 Å². The van der Waals surface area contributed by atoms with Crippen LogP contribution in [0.4, 0.5) is 0 Å². The van der Waals surface area contributed by atoms with Crippen LogP contribution in [0.1, 0.15) is 61.8 Å². The molecule has 4 atom stereocenters. The van der Waals surface area contributed by atoms with Gasteiger partial charge in [-0.05, 0) is 47.7 Å². The second-order valence-electron chi connectivity index (χ2n) is 7.35. The maximum absolute atomic E-state index is 6.33. The van der Waals surface area contributed by atoms with Gasteiger partial charge >= 0.3 is 0 Å². The fraction of sp³-hybridized carbons (Fsp3) is 1.00. The van der Waals surface area contributed by atoms with E-state index in [9.17, 15) is 0 Å². The van der Waals surface area contributed by atoms with E-state index in [1.807, 2.05) is 20.8 Å². The van der Waals surface area contributed by atoms with Crippen molar-refractivity contribution in [2.75, 3.05) is 0 Å². The Kier molecular flexibility index (Phi) is 3.20. The van der Waals surface area contributed by atoms with Crippen molar-refractivity contribution in [2.45, 2.75) is 89.7 Å². The molecular formula is C14H27O3P. The third-order valence-electron chi connectivity index (χ3n) is 3.59. The van der Waals surface area contributed by atoms with E-state index in [4.69, 9.17) is 14.2 Å². The highest BCUT2D eigenvalue weighted by molar-refractivity contribution is 7.61. The third kappa shape index (κ3) is 2.47. The monoisotopic (exact) mass is 274 g/mol. The van der Waals surface area contributed by atoms with Crippen LogP contribution in [-0.2, 0) is 14.2 Å². The highest BCUT2D eigenvalue weighted by atomic mass is 31.1. The normalized spacial score (nSPS) is 48.0. The molecule has 2 fully saturated rings. The Morgan fingerprint density at radius 3 is 2.11 bits per heavy atom. The van der Waals surface area contributed by atoms with E-state index in [2.05, 4.69) is 34.6 Å². The molecule has 0 amide bonds. The molecule has 2 heterocycles. The predicted octanol–water partition coefficient (Wildman–Crippen LogP) is 4.25. The summed E-state index contributed by atoms with van der Waals surface area (Å²) in [6.07, 6.45) is 0.816. The molecule has 0 spiro atoms. The van der Waals surface area contributed by atoms with E-state index in [1.54, 1.807) is 0 Å². The first-order valence-electron chi connectivity index (χ1n) is 6.75. The minimum Gasteiger partial charge on any atom is -0.342 e. The SMILES string of the molecule is CC1OC2(C)CC(C)(OC(C)(C)O2)P1C(C)(C)C. The summed E-state index contributed by atoms with van der Waals surface area (Å²) < 4.78 is 18.5. The maximum Gasteiger partial charge on any atom is 0.172 e. The van der Waals surface area contributed by atoms with Gasteiger partial charge in [-0.1, -0.05) is 20.8 Å². The van der Waals surface area contributed by atoms with Crippen LogP contribution in [0.2, 0.25) is 0 Å². The first kappa shape index (κ1) is 14.7. The Hall–Kier alpha value is 0.310. The van der Waals surface area contributed by atoms with Crippen molar-refractivity contribution in [3.8, 4) is 0 Å². The molecule has 106 valence electrons. The Morgan fingerprint density at radius 2 is 1.61 bits per heavy atom. The Balaban J connectivity index is 2.42. The first-order valence-corrected chi connectivity index (χ1v) is 8.16. The highest BCUT2D eigenvalue weighted by Crippen LogP contribution is 2.71. The summed E-state index contributed by atoms with van der Waals surface area (Å²) in [5, 5.41) is 0.0694. The Morgan fingerprint density at radius 1 is 1.06 bits per heavy atom. The van der Waals surface area contributed by atoms with E-state index in [1.165, 1.54) is 0 Å². The van der Waals surface area contributed by atoms with E-state index in [0.29, 0.717) is 0 Å². The molecule has 2 aliphatic heterocycles. The summed E-state index contributed by atoms with van der Waals surface area (Å²) in [5.41, 5.74) is 0. The second kappa shape index (κ2) is 3.91. The topological polar surface area (TPSA) is 27.7 Å². The van der Waals surface area contributed by atoms with Crippen LogP contribution in [-0.4, -0.2) is 27.9 Å². The van der Waals surface area contributed by atoms with Crippen molar-refractivity contribution in [1.29, 1.82) is 0 Å². The number of hydrogen-bond donors (Lipinski definition) is 0. The van der Waals surface area contributed by atoms with Gasteiger partial charge in [0.05, 0.1) is 11.2 Å². The first-order chi connectivity index (χ1) is 7.87. The van der Waals surface area contributed by atoms with Crippen molar-refractivity contribution in [2.24, 2.45) is 0 Å². The van der Waals surface area contributed by atoms with E-state index < -0.39 is 19.5 Å². The molecule has 18 heavy (non-hydrogen) atoms. The molecular weight excluding hydrogens is 247 g/mol. The largest absolute Gasteiger partial charge is 0.342 e. The highest BCUT2D eigenvalue weighted by Gasteiger charge is 2.61. The molecule has 0 N–H and O–H groups in total. The molecule has 3 nitrogen and oxygen atoms in total. The fourth-order valence-electron chi connectivity index (χ4n) is 3.99. The van der Waals surface area contributed by atoms with Crippen LogP contribution in [0.3, 0.4) is 0 Å². The van der Waals surface area contributed by atoms with Gasteiger partial charge in [-0.25, -0.2) is 0 Å². The lowest BCUT2D eigenvalue weighted by molar-refractivity contribution is -0.411. The third-order valence-corrected chi connectivity index (χ3v) is 7.14. The Bertz CT molecular complexity index is 342. The van der Waals surface area contributed by atoms with Crippen molar-refractivity contribution < 1.29 is 14.2 Å². The molecule has 0 aromatic carbocycles. The van der Waals surface area contributed by atoms with Gasteiger partial charge < -0.3 is 14.2 Å². The lowest BCUT2D eigenvalue weighted by Gasteiger charge is -2.62. The van der Waals surface area contributed by atoms with Gasteiger partial charge in [0.1, 0.15) is 0 Å². The summed E-state index contributed by atoms with van der Waals surface area (Å²) in [6.45, 7) is 17.3. The van der Waals surface area contributed by atoms with Gasteiger partial charge in [-0.2, -0.15) is 0 Å². The molecule has 4 heteroatoms. The van der Waals surface area contributed by atoms with E-state index >= 15 is 0 Å². The molecule has 0 radical (unpaired) electrons. The van der Waals surface area contributed by atoms with Gasteiger partial charge in [-0.15, -0.1) is 0 Å². The lowest BCUT2D eigenvalue weighted by atomic mass is 10.1. The quantitative estimate of drug-likeness (QED) is 0.618. The average molecular weight is 274 g/mol. The molecule has 0 aromatic rings. The van der Waals surface area contributed by atoms with Gasteiger partial charge in [0.15, 0.2) is 11.6 Å². The van der Waals surface area contributed by atoms with Crippen molar-refractivity contribution in [1.82, 2.24) is 0 Å². The summed E-state index contributed by atoms with van der Waals surface area (Å²) in [6, 6.07) is 0. The number of ether oxygens (including phenoxy) is 3. The van der Waals surface area contributed by atoms with Crippen molar-refractivity contribution in [3.63, 3.8) is 0 Å². The zero-order valence-corrected chi connectivity index (χ0v) is 13.9. The van der Waals surface area contributed by atoms with Crippen molar-refractivity contribution >= 4 is 7.92 Å². The zero-order chi connectivity index (χ0) is 14.0. The summed E-state index contributed by atoms with van der Waals surface area (Å²) >= 11 is 0. The number of hydrogen-bond acceptors (Lipinski definition) is 3. The summed E-state index contributed by atoms with van der Waals surface area (Å²) in [5.74, 6) is -0.895. The minimum absolute atomic E-state index is 0.137. The minimum atomic E-state index is -0.576. The molecule has 0 saturated carbocycles. The van der Waals surface area contributed by atoms with Crippen LogP contribution >= 0.6 is 7.92 Å². The summed E-state index contributed by atoms with van der Waals surface area (Å²) in [4.78, 5) is 0. The molecule has 2 bridgehead atoms. The van der Waals surface area contributed by atoms with Crippen molar-refractivity contribution in [3.05, 3.63) is 0 Å². The smallest absolute Gasteiger partial charge is 0.172 e. The van der Waals surface area contributed by atoms with Crippen LogP contribution < -0.4 is 0 Å². The predicted molar refractivity (Wildman–Crippen MR) is 74.9 cm³/mol. The number of rotatable bonds is 0.